The molecule has 8 aromatic rings. The maximum absolute atomic E-state index is 2.87. The van der Waals surface area contributed by atoms with Crippen LogP contribution in [0.1, 0.15) is 201 Å². The Balaban J connectivity index is 1.16. The smallest absolute Gasteiger partial charge is 0.252 e. The van der Waals surface area contributed by atoms with Crippen LogP contribution in [0.25, 0.3) is 22.3 Å². The monoisotopic (exact) mass is 1100 g/mol. The zero-order valence-electron chi connectivity index (χ0n) is 53.6. The minimum atomic E-state index is -0.181. The van der Waals surface area contributed by atoms with Crippen molar-refractivity contribution in [3.8, 4) is 22.3 Å². The van der Waals surface area contributed by atoms with Crippen LogP contribution in [0.3, 0.4) is 0 Å². The largest absolute Gasteiger partial charge is 0.334 e. The van der Waals surface area contributed by atoms with Crippen LogP contribution in [-0.4, -0.2) is 12.3 Å². The van der Waals surface area contributed by atoms with E-state index in [2.05, 4.69) is 283 Å². The van der Waals surface area contributed by atoms with E-state index < -0.39 is 0 Å². The molecule has 2 atom stereocenters. The third-order valence-corrected chi connectivity index (χ3v) is 22.6. The van der Waals surface area contributed by atoms with E-state index in [-0.39, 0.29) is 50.2 Å². The maximum Gasteiger partial charge on any atom is 0.252 e. The SMILES string of the molecule is CC(C)(C)c1ccc(N2c3cc(-c4ccccc4)ccc3B3c4cc5c(cc4N(c4ccc6c(c4)C(C)(C)CCC6(C)C)c4cc(N6c7ccc(C(C)(C)C)cc7C7(C)CCCCC67C)cc2c43)C(C)(C)CCC5(C)C)c(-c2ccccc2)c1. The van der Waals surface area contributed by atoms with Crippen molar-refractivity contribution < 1.29 is 0 Å². The van der Waals surface area contributed by atoms with Gasteiger partial charge in [-0.15, -0.1) is 0 Å². The normalized spacial score (nSPS) is 22.0. The van der Waals surface area contributed by atoms with Crippen molar-refractivity contribution in [1.82, 2.24) is 0 Å². The van der Waals surface area contributed by atoms with Crippen molar-refractivity contribution in [1.29, 1.82) is 0 Å². The summed E-state index contributed by atoms with van der Waals surface area (Å²) in [5.74, 6) is 0. The van der Waals surface area contributed by atoms with Gasteiger partial charge >= 0.3 is 0 Å². The third kappa shape index (κ3) is 8.17. The molecule has 0 bridgehead atoms. The molecule has 4 heteroatoms. The summed E-state index contributed by atoms with van der Waals surface area (Å²) in [6, 6.07) is 63.4. The Bertz CT molecular complexity index is 4000. The molecule has 3 heterocycles. The Morgan fingerprint density at radius 2 is 0.893 bits per heavy atom. The molecular formula is C80H90BN3. The fourth-order valence-electron chi connectivity index (χ4n) is 16.9. The number of benzene rings is 8. The van der Waals surface area contributed by atoms with Crippen LogP contribution in [0.15, 0.2) is 158 Å². The van der Waals surface area contributed by atoms with Gasteiger partial charge < -0.3 is 14.7 Å². The number of rotatable bonds is 5. The van der Waals surface area contributed by atoms with E-state index >= 15 is 0 Å². The highest BCUT2D eigenvalue weighted by molar-refractivity contribution is 7.00. The molecule has 0 saturated heterocycles. The van der Waals surface area contributed by atoms with E-state index in [1.807, 2.05) is 0 Å². The second-order valence-electron chi connectivity index (χ2n) is 31.8. The second kappa shape index (κ2) is 18.4. The average molecular weight is 1100 g/mol. The van der Waals surface area contributed by atoms with E-state index in [0.717, 1.165) is 25.7 Å². The van der Waals surface area contributed by atoms with Crippen molar-refractivity contribution in [3.05, 3.63) is 197 Å². The average Bonchev–Trinajstić information content (AvgIpc) is 1.10. The molecule has 3 nitrogen and oxygen atoms in total. The molecule has 428 valence electrons. The van der Waals surface area contributed by atoms with Gasteiger partial charge in [0.05, 0.1) is 11.2 Å². The third-order valence-electron chi connectivity index (χ3n) is 22.6. The van der Waals surface area contributed by atoms with Gasteiger partial charge in [0, 0.05) is 50.8 Å². The number of anilines is 8. The van der Waals surface area contributed by atoms with E-state index in [0.29, 0.717) is 0 Å². The molecule has 3 aliphatic heterocycles. The highest BCUT2D eigenvalue weighted by Gasteiger charge is 2.59. The first-order valence-electron chi connectivity index (χ1n) is 32.1. The van der Waals surface area contributed by atoms with Crippen LogP contribution in [0.4, 0.5) is 45.5 Å². The maximum atomic E-state index is 2.87. The molecule has 3 aliphatic carbocycles. The predicted molar refractivity (Wildman–Crippen MR) is 362 cm³/mol. The van der Waals surface area contributed by atoms with Crippen LogP contribution in [0.2, 0.25) is 0 Å². The second-order valence-corrected chi connectivity index (χ2v) is 31.8. The van der Waals surface area contributed by atoms with Crippen LogP contribution >= 0.6 is 0 Å². The molecule has 1 saturated carbocycles. The standard InChI is InChI=1S/C80H90BN3/c1-73(2,3)54-30-35-66(58(44-54)52-27-21-18-22-28-52)83-68-43-53(51-25-19-17-20-26-51)29-34-64(68)81-65-49-61-62(78(13,14)42-41-77(61,11)12)50-69(65)82(56-32-33-59-60(46-56)76(9,10)40-39-75(59,7)8)70-47-57(48-71(83)72(70)81)84-67-36-31-55(74(4,5)6)45-63(67)79(15)37-23-24-38-80(79,84)16/h17-22,25-36,43-50H,23-24,37-42H2,1-16H3. The predicted octanol–water partition coefficient (Wildman–Crippen LogP) is 20.1. The number of hydrogen-bond acceptors (Lipinski definition) is 3. The van der Waals surface area contributed by atoms with Crippen LogP contribution in [0, 0.1) is 0 Å². The number of hydrogen-bond donors (Lipinski definition) is 0. The van der Waals surface area contributed by atoms with Crippen molar-refractivity contribution in [2.45, 2.75) is 206 Å². The van der Waals surface area contributed by atoms with Gasteiger partial charge in [0.2, 0.25) is 0 Å². The van der Waals surface area contributed by atoms with Crippen molar-refractivity contribution in [3.63, 3.8) is 0 Å². The number of nitrogens with zero attached hydrogens (tertiary/aromatic N) is 3. The van der Waals surface area contributed by atoms with Gasteiger partial charge in [0.25, 0.3) is 6.71 Å². The van der Waals surface area contributed by atoms with Gasteiger partial charge in [-0.2, -0.15) is 0 Å². The molecule has 8 aromatic carbocycles. The summed E-state index contributed by atoms with van der Waals surface area (Å²) < 4.78 is 0. The summed E-state index contributed by atoms with van der Waals surface area (Å²) >= 11 is 0. The van der Waals surface area contributed by atoms with Gasteiger partial charge in [-0.1, -0.05) is 220 Å². The molecule has 0 N–H and O–H groups in total. The lowest BCUT2D eigenvalue weighted by Gasteiger charge is -2.51. The van der Waals surface area contributed by atoms with Gasteiger partial charge in [-0.3, -0.25) is 0 Å². The zero-order chi connectivity index (χ0) is 59.1. The Hall–Kier alpha value is -6.78. The Morgan fingerprint density at radius 1 is 0.357 bits per heavy atom. The lowest BCUT2D eigenvalue weighted by Crippen LogP contribution is -2.62. The van der Waals surface area contributed by atoms with E-state index in [9.17, 15) is 0 Å². The van der Waals surface area contributed by atoms with Crippen molar-refractivity contribution >= 4 is 68.6 Å². The minimum Gasteiger partial charge on any atom is -0.334 e. The topological polar surface area (TPSA) is 9.72 Å². The summed E-state index contributed by atoms with van der Waals surface area (Å²) in [6.07, 6.45) is 9.40. The summed E-state index contributed by atoms with van der Waals surface area (Å²) in [5, 5.41) is 0. The highest BCUT2D eigenvalue weighted by Crippen LogP contribution is 2.63. The Kier molecular flexibility index (Phi) is 12.1. The molecule has 0 aromatic heterocycles. The minimum absolute atomic E-state index is 0.00478. The fourth-order valence-corrected chi connectivity index (χ4v) is 16.9. The zero-order valence-corrected chi connectivity index (χ0v) is 53.6. The summed E-state index contributed by atoms with van der Waals surface area (Å²) in [7, 11) is 0. The van der Waals surface area contributed by atoms with Crippen LogP contribution < -0.4 is 31.1 Å². The van der Waals surface area contributed by atoms with E-state index in [1.54, 1.807) is 0 Å². The quantitative estimate of drug-likeness (QED) is 0.159. The Labute approximate surface area is 505 Å². The van der Waals surface area contributed by atoms with Crippen LogP contribution in [-0.2, 0) is 37.9 Å². The summed E-state index contributed by atoms with van der Waals surface area (Å²) in [4.78, 5) is 8.40. The molecule has 0 radical (unpaired) electrons. The molecule has 14 rings (SSSR count). The van der Waals surface area contributed by atoms with E-state index in [4.69, 9.17) is 0 Å². The summed E-state index contributed by atoms with van der Waals surface area (Å²) in [5.41, 5.74) is 29.4. The lowest BCUT2D eigenvalue weighted by atomic mass is 9.33. The first-order valence-corrected chi connectivity index (χ1v) is 32.1. The molecule has 0 spiro atoms. The lowest BCUT2D eigenvalue weighted by molar-refractivity contribution is 0.195. The van der Waals surface area contributed by atoms with Gasteiger partial charge in [0.1, 0.15) is 0 Å². The molecule has 0 amide bonds. The van der Waals surface area contributed by atoms with E-state index in [1.165, 1.54) is 149 Å². The van der Waals surface area contributed by atoms with Crippen molar-refractivity contribution in [2.24, 2.45) is 0 Å². The highest BCUT2D eigenvalue weighted by atomic mass is 15.3. The van der Waals surface area contributed by atoms with Crippen LogP contribution in [0.5, 0.6) is 0 Å². The fraction of sp³-hybridized carbons (Fsp3) is 0.400. The molecular weight excluding hydrogens is 1010 g/mol. The van der Waals surface area contributed by atoms with Gasteiger partial charge in [-0.05, 0) is 205 Å². The molecule has 1 fully saturated rings. The summed E-state index contributed by atoms with van der Waals surface area (Å²) in [6.45, 7) is 39.4. The van der Waals surface area contributed by atoms with Crippen molar-refractivity contribution in [2.75, 3.05) is 14.7 Å². The van der Waals surface area contributed by atoms with Gasteiger partial charge in [0.15, 0.2) is 0 Å². The Morgan fingerprint density at radius 3 is 1.52 bits per heavy atom. The molecule has 84 heavy (non-hydrogen) atoms. The first-order chi connectivity index (χ1) is 39.6. The molecule has 2 unspecified atom stereocenters. The first kappa shape index (κ1) is 55.1. The molecule has 6 aliphatic rings. The van der Waals surface area contributed by atoms with Gasteiger partial charge in [-0.25, -0.2) is 0 Å². The number of fused-ring (bicyclic) bond motifs is 9.